The number of nitrogens with two attached hydrogens (primary N) is 1. The van der Waals surface area contributed by atoms with E-state index in [1.165, 1.54) is 6.07 Å². The third kappa shape index (κ3) is 3.12. The van der Waals surface area contributed by atoms with Gasteiger partial charge < -0.3 is 20.7 Å². The maximum atomic E-state index is 15.2. The molecular formula is C23H23F2N7O. The number of aromatic nitrogens is 4. The third-order valence-corrected chi connectivity index (χ3v) is 6.97. The van der Waals surface area contributed by atoms with Crippen molar-refractivity contribution >= 4 is 11.5 Å². The molecule has 1 saturated carbocycles. The molecular weight excluding hydrogens is 428 g/mol. The van der Waals surface area contributed by atoms with E-state index in [-0.39, 0.29) is 23.7 Å². The Morgan fingerprint density at radius 2 is 1.94 bits per heavy atom. The Morgan fingerprint density at radius 3 is 2.61 bits per heavy atom. The van der Waals surface area contributed by atoms with Crippen LogP contribution in [-0.4, -0.2) is 45.6 Å². The highest BCUT2D eigenvalue weighted by Crippen LogP contribution is 2.50. The van der Waals surface area contributed by atoms with E-state index in [0.717, 1.165) is 12.8 Å². The Bertz CT molecular complexity index is 1260. The van der Waals surface area contributed by atoms with Crippen molar-refractivity contribution in [1.82, 2.24) is 19.9 Å². The first kappa shape index (κ1) is 20.2. The number of ether oxygens (including phenoxy) is 1. The minimum atomic E-state index is -0.904. The van der Waals surface area contributed by atoms with E-state index in [2.05, 4.69) is 25.2 Å². The van der Waals surface area contributed by atoms with Crippen LogP contribution in [0.5, 0.6) is 11.8 Å². The molecule has 2 aliphatic carbocycles. The Kier molecular flexibility index (Phi) is 4.48. The van der Waals surface area contributed by atoms with Gasteiger partial charge >= 0.3 is 6.01 Å². The zero-order chi connectivity index (χ0) is 22.9. The van der Waals surface area contributed by atoms with Crippen molar-refractivity contribution < 1.29 is 13.5 Å². The number of nitrogens with zero attached hydrogens (tertiary/aromatic N) is 5. The first-order valence-corrected chi connectivity index (χ1v) is 11.0. The fraction of sp³-hybridized carbons (Fsp3) is 0.391. The second-order valence-electron chi connectivity index (χ2n) is 8.92. The van der Waals surface area contributed by atoms with Gasteiger partial charge in [-0.05, 0) is 31.2 Å². The van der Waals surface area contributed by atoms with Crippen molar-refractivity contribution in [2.45, 2.75) is 38.3 Å². The van der Waals surface area contributed by atoms with Crippen molar-refractivity contribution in [1.29, 1.82) is 0 Å². The molecule has 3 N–H and O–H groups in total. The average molecular weight is 451 g/mol. The van der Waals surface area contributed by atoms with Crippen molar-refractivity contribution in [2.24, 2.45) is 11.7 Å². The van der Waals surface area contributed by atoms with E-state index in [0.29, 0.717) is 58.8 Å². The highest BCUT2D eigenvalue weighted by molar-refractivity contribution is 5.89. The van der Waals surface area contributed by atoms with Crippen molar-refractivity contribution in [3.63, 3.8) is 0 Å². The summed E-state index contributed by atoms with van der Waals surface area (Å²) in [5.74, 6) is 0.151. The molecule has 2 fully saturated rings. The van der Waals surface area contributed by atoms with Gasteiger partial charge in [0.1, 0.15) is 11.6 Å². The fourth-order valence-electron chi connectivity index (χ4n) is 5.40. The molecule has 3 atom stereocenters. The first-order valence-electron chi connectivity index (χ1n) is 11.0. The Hall–Kier alpha value is -3.40. The topological polar surface area (TPSA) is 102 Å². The predicted molar refractivity (Wildman–Crippen MR) is 118 cm³/mol. The van der Waals surface area contributed by atoms with Gasteiger partial charge in [-0.1, -0.05) is 0 Å². The molecule has 8 nitrogen and oxygen atoms in total. The highest BCUT2D eigenvalue weighted by atomic mass is 19.2. The zero-order valence-electron chi connectivity index (χ0n) is 18.3. The molecule has 1 saturated heterocycles. The van der Waals surface area contributed by atoms with E-state index < -0.39 is 11.6 Å². The van der Waals surface area contributed by atoms with E-state index in [1.807, 2.05) is 0 Å². The summed E-state index contributed by atoms with van der Waals surface area (Å²) in [6, 6.07) is 1.66. The summed E-state index contributed by atoms with van der Waals surface area (Å²) < 4.78 is 35.5. The third-order valence-electron chi connectivity index (χ3n) is 6.97. The number of hydrogen-bond acceptors (Lipinski definition) is 8. The summed E-state index contributed by atoms with van der Waals surface area (Å²) in [5.41, 5.74) is 8.82. The lowest BCUT2D eigenvalue weighted by Crippen LogP contribution is -2.41. The Labute approximate surface area is 189 Å². The van der Waals surface area contributed by atoms with Crippen LogP contribution in [0.25, 0.3) is 11.1 Å². The number of piperidine rings is 1. The van der Waals surface area contributed by atoms with Gasteiger partial charge in [0, 0.05) is 55.0 Å². The molecule has 2 aromatic heterocycles. The molecule has 0 radical (unpaired) electrons. The summed E-state index contributed by atoms with van der Waals surface area (Å²) in [6.07, 6.45) is 5.25. The van der Waals surface area contributed by atoms with Crippen LogP contribution in [0.15, 0.2) is 18.5 Å². The molecule has 3 heterocycles. The molecule has 1 aliphatic heterocycles. The average Bonchev–Trinajstić information content (AvgIpc) is 3.49. The normalized spacial score (nSPS) is 22.5. The summed E-state index contributed by atoms with van der Waals surface area (Å²) in [7, 11) is 1.69. The standard InChI is InChI=1S/C23H23F2N7O/c1-10-28-7-13(8-29-10)33-23-30-18-5-14-17(27-2)6-15(24)21(25)19(14)20(18)22(31-23)32-9-11-3-12(32)4-16(11)26/h6-8,11-12,16,27H,3-5,9,26H2,1-2H3/t11-,12-,16-/m1/s1. The van der Waals surface area contributed by atoms with Crippen LogP contribution in [0.1, 0.15) is 29.9 Å². The number of rotatable bonds is 4. The molecule has 3 aromatic rings. The zero-order valence-corrected chi connectivity index (χ0v) is 18.3. The molecule has 0 unspecified atom stereocenters. The van der Waals surface area contributed by atoms with Gasteiger partial charge in [-0.15, -0.1) is 0 Å². The molecule has 2 bridgehead atoms. The maximum absolute atomic E-state index is 15.2. The lowest BCUT2D eigenvalue weighted by atomic mass is 10.0. The van der Waals surface area contributed by atoms with Crippen LogP contribution in [-0.2, 0) is 6.42 Å². The number of hydrogen-bond donors (Lipinski definition) is 2. The monoisotopic (exact) mass is 451 g/mol. The number of nitrogens with one attached hydrogen (secondary N) is 1. The van der Waals surface area contributed by atoms with Crippen molar-refractivity contribution in [3.05, 3.63) is 47.2 Å². The minimum Gasteiger partial charge on any atom is -0.421 e. The minimum absolute atomic E-state index is 0.128. The number of benzene rings is 1. The molecule has 10 heteroatoms. The van der Waals surface area contributed by atoms with Gasteiger partial charge in [0.25, 0.3) is 0 Å². The molecule has 0 amide bonds. The summed E-state index contributed by atoms with van der Waals surface area (Å²) >= 11 is 0. The van der Waals surface area contributed by atoms with E-state index in [9.17, 15) is 4.39 Å². The first-order chi connectivity index (χ1) is 15.9. The highest BCUT2D eigenvalue weighted by Gasteiger charge is 2.45. The van der Waals surface area contributed by atoms with Crippen LogP contribution >= 0.6 is 0 Å². The van der Waals surface area contributed by atoms with Gasteiger partial charge in [-0.3, -0.25) is 0 Å². The second kappa shape index (κ2) is 7.31. The molecule has 3 aliphatic rings. The van der Waals surface area contributed by atoms with Crippen LogP contribution in [0.2, 0.25) is 0 Å². The summed E-state index contributed by atoms with van der Waals surface area (Å²) in [5, 5.41) is 2.98. The van der Waals surface area contributed by atoms with Crippen LogP contribution < -0.4 is 20.7 Å². The molecule has 6 rings (SSSR count). The number of halogens is 2. The van der Waals surface area contributed by atoms with Crippen LogP contribution in [0.3, 0.4) is 0 Å². The Balaban J connectivity index is 1.51. The van der Waals surface area contributed by atoms with Crippen molar-refractivity contribution in [2.75, 3.05) is 23.8 Å². The number of anilines is 2. The largest absolute Gasteiger partial charge is 0.421 e. The smallest absolute Gasteiger partial charge is 0.324 e. The molecule has 170 valence electrons. The lowest BCUT2D eigenvalue weighted by Gasteiger charge is -2.32. The fourth-order valence-corrected chi connectivity index (χ4v) is 5.40. The SMILES string of the molecule is CNc1cc(F)c(F)c2c1Cc1nc(Oc3cnc(C)nc3)nc(N3C[C@H]4C[C@@H]3C[C@H]4N)c1-2. The number of aryl methyl sites for hydroxylation is 1. The van der Waals surface area contributed by atoms with E-state index >= 15 is 4.39 Å². The van der Waals surface area contributed by atoms with E-state index in [4.69, 9.17) is 15.5 Å². The molecule has 1 aromatic carbocycles. The predicted octanol–water partition coefficient (Wildman–Crippen LogP) is 3.18. The van der Waals surface area contributed by atoms with Crippen LogP contribution in [0.4, 0.5) is 20.3 Å². The van der Waals surface area contributed by atoms with Gasteiger partial charge in [0.2, 0.25) is 0 Å². The van der Waals surface area contributed by atoms with Gasteiger partial charge in [0.05, 0.1) is 18.1 Å². The number of fused-ring (bicyclic) bond motifs is 5. The van der Waals surface area contributed by atoms with Gasteiger partial charge in [-0.25, -0.2) is 18.7 Å². The maximum Gasteiger partial charge on any atom is 0.324 e. The molecule has 33 heavy (non-hydrogen) atoms. The lowest BCUT2D eigenvalue weighted by molar-refractivity contribution is 0.432. The van der Waals surface area contributed by atoms with Crippen LogP contribution in [0, 0.1) is 24.5 Å². The van der Waals surface area contributed by atoms with Crippen molar-refractivity contribution in [3.8, 4) is 22.9 Å². The summed E-state index contributed by atoms with van der Waals surface area (Å²) in [4.78, 5) is 19.7. The second-order valence-corrected chi connectivity index (χ2v) is 8.92. The Morgan fingerprint density at radius 1 is 1.15 bits per heavy atom. The van der Waals surface area contributed by atoms with Gasteiger partial charge in [-0.2, -0.15) is 9.97 Å². The molecule has 0 spiro atoms. The van der Waals surface area contributed by atoms with Gasteiger partial charge in [0.15, 0.2) is 17.4 Å². The quantitative estimate of drug-likeness (QED) is 0.488. The van der Waals surface area contributed by atoms with E-state index in [1.54, 1.807) is 26.4 Å². The summed E-state index contributed by atoms with van der Waals surface area (Å²) in [6.45, 7) is 2.50.